The average molecular weight is 460 g/mol. The highest BCUT2D eigenvalue weighted by atomic mass is 19.1. The van der Waals surface area contributed by atoms with Crippen molar-refractivity contribution in [2.24, 2.45) is 0 Å². The van der Waals surface area contributed by atoms with Gasteiger partial charge in [-0.3, -0.25) is 14.5 Å². The van der Waals surface area contributed by atoms with Gasteiger partial charge < -0.3 is 4.74 Å². The molecular formula is C29H30FNO3. The summed E-state index contributed by atoms with van der Waals surface area (Å²) in [6, 6.07) is 21.5. The Bertz CT molecular complexity index is 1110. The molecule has 4 nitrogen and oxygen atoms in total. The lowest BCUT2D eigenvalue weighted by Crippen LogP contribution is -2.45. The van der Waals surface area contributed by atoms with E-state index < -0.39 is 0 Å². The van der Waals surface area contributed by atoms with Crippen molar-refractivity contribution >= 4 is 11.6 Å². The molecule has 0 bridgehead atoms. The monoisotopic (exact) mass is 459 g/mol. The number of piperidine rings is 1. The number of methoxy groups -OCH3 is 1. The summed E-state index contributed by atoms with van der Waals surface area (Å²) in [5, 5.41) is 0. The van der Waals surface area contributed by atoms with Gasteiger partial charge >= 0.3 is 0 Å². The third kappa shape index (κ3) is 5.97. The maximum Gasteiger partial charge on any atom is 0.179 e. The van der Waals surface area contributed by atoms with Gasteiger partial charge in [-0.05, 0) is 72.5 Å². The van der Waals surface area contributed by atoms with E-state index in [1.807, 2.05) is 48.5 Å². The quantitative estimate of drug-likeness (QED) is 0.383. The molecule has 3 aromatic carbocycles. The fourth-order valence-corrected chi connectivity index (χ4v) is 4.54. The zero-order chi connectivity index (χ0) is 23.9. The van der Waals surface area contributed by atoms with Crippen LogP contribution in [-0.2, 0) is 11.2 Å². The van der Waals surface area contributed by atoms with Gasteiger partial charge in [-0.1, -0.05) is 42.8 Å². The minimum Gasteiger partial charge on any atom is -0.497 e. The molecule has 0 aromatic heterocycles. The lowest BCUT2D eigenvalue weighted by atomic mass is 9.94. The zero-order valence-corrected chi connectivity index (χ0v) is 19.5. The minimum absolute atomic E-state index is 0.0151. The first-order chi connectivity index (χ1) is 16.5. The van der Waals surface area contributed by atoms with Gasteiger partial charge in [-0.2, -0.15) is 0 Å². The molecule has 0 N–H and O–H groups in total. The number of ether oxygens (including phenoxy) is 1. The van der Waals surface area contributed by atoms with Crippen LogP contribution in [0.3, 0.4) is 0 Å². The van der Waals surface area contributed by atoms with Crippen molar-refractivity contribution in [1.29, 1.82) is 0 Å². The van der Waals surface area contributed by atoms with E-state index in [0.717, 1.165) is 48.2 Å². The number of nitrogens with zero attached hydrogens (tertiary/aromatic N) is 1. The lowest BCUT2D eigenvalue weighted by molar-refractivity contribution is -0.118. The van der Waals surface area contributed by atoms with Crippen molar-refractivity contribution in [2.45, 2.75) is 38.1 Å². The van der Waals surface area contributed by atoms with Gasteiger partial charge in [-0.25, -0.2) is 4.39 Å². The van der Waals surface area contributed by atoms with Gasteiger partial charge in [0.25, 0.3) is 0 Å². The van der Waals surface area contributed by atoms with Crippen molar-refractivity contribution in [1.82, 2.24) is 4.90 Å². The third-order valence-electron chi connectivity index (χ3n) is 6.50. The lowest BCUT2D eigenvalue weighted by Gasteiger charge is -2.34. The van der Waals surface area contributed by atoms with Crippen molar-refractivity contribution in [3.63, 3.8) is 0 Å². The summed E-state index contributed by atoms with van der Waals surface area (Å²) in [5.41, 5.74) is 3.70. The first-order valence-corrected chi connectivity index (χ1v) is 11.8. The summed E-state index contributed by atoms with van der Waals surface area (Å²) in [6.07, 6.45) is 3.58. The molecule has 0 spiro atoms. The first-order valence-electron chi connectivity index (χ1n) is 11.8. The van der Waals surface area contributed by atoms with E-state index in [0.29, 0.717) is 24.9 Å². The Labute approximate surface area is 200 Å². The van der Waals surface area contributed by atoms with Crippen LogP contribution in [-0.4, -0.2) is 42.7 Å². The minimum atomic E-state index is -0.348. The third-order valence-corrected chi connectivity index (χ3v) is 6.50. The molecule has 1 saturated heterocycles. The number of carbonyl (C=O) groups is 2. The molecule has 1 unspecified atom stereocenters. The molecule has 0 aliphatic carbocycles. The number of carbonyl (C=O) groups excluding carboxylic acids is 2. The van der Waals surface area contributed by atoms with Gasteiger partial charge in [0.05, 0.1) is 13.2 Å². The van der Waals surface area contributed by atoms with E-state index in [1.54, 1.807) is 19.2 Å². The Morgan fingerprint density at radius 1 is 0.912 bits per heavy atom. The highest BCUT2D eigenvalue weighted by molar-refractivity contribution is 6.00. The Hall–Kier alpha value is -3.31. The predicted octanol–water partition coefficient (Wildman–Crippen LogP) is 5.74. The molecule has 5 heteroatoms. The number of halogens is 1. The summed E-state index contributed by atoms with van der Waals surface area (Å²) in [5.74, 6) is 0.651. The standard InChI is InChI=1S/C29H30FNO3/c1-34-27-15-11-23(12-16-27)22-7-5-21(6-8-22)20-26(32)17-19-31-18-3-2-4-28(31)29(33)24-9-13-25(30)14-10-24/h5-16,28H,2-4,17-20H2,1H3. The Kier molecular flexibility index (Phi) is 7.86. The van der Waals surface area contributed by atoms with Crippen LogP contribution in [0.15, 0.2) is 72.8 Å². The summed E-state index contributed by atoms with van der Waals surface area (Å²) >= 11 is 0. The molecule has 0 amide bonds. The Morgan fingerprint density at radius 3 is 2.21 bits per heavy atom. The molecule has 34 heavy (non-hydrogen) atoms. The number of hydrogen-bond acceptors (Lipinski definition) is 4. The second-order valence-electron chi connectivity index (χ2n) is 8.81. The van der Waals surface area contributed by atoms with E-state index in [2.05, 4.69) is 4.90 Å². The van der Waals surface area contributed by atoms with Crippen molar-refractivity contribution in [3.05, 3.63) is 89.7 Å². The van der Waals surface area contributed by atoms with Crippen molar-refractivity contribution in [2.75, 3.05) is 20.2 Å². The van der Waals surface area contributed by atoms with Crippen LogP contribution >= 0.6 is 0 Å². The second-order valence-corrected chi connectivity index (χ2v) is 8.81. The highest BCUT2D eigenvalue weighted by Crippen LogP contribution is 2.24. The first kappa shape index (κ1) is 23.8. The van der Waals surface area contributed by atoms with Crippen LogP contribution in [0.2, 0.25) is 0 Å². The van der Waals surface area contributed by atoms with Gasteiger partial charge in [0, 0.05) is 24.9 Å². The number of hydrogen-bond donors (Lipinski definition) is 0. The fourth-order valence-electron chi connectivity index (χ4n) is 4.54. The van der Waals surface area contributed by atoms with E-state index in [1.165, 1.54) is 12.1 Å². The average Bonchev–Trinajstić information content (AvgIpc) is 2.88. The smallest absolute Gasteiger partial charge is 0.179 e. The number of likely N-dealkylation sites (tertiary alicyclic amines) is 1. The topological polar surface area (TPSA) is 46.6 Å². The number of benzene rings is 3. The van der Waals surface area contributed by atoms with E-state index in [4.69, 9.17) is 4.74 Å². The predicted molar refractivity (Wildman–Crippen MR) is 132 cm³/mol. The summed E-state index contributed by atoms with van der Waals surface area (Å²) in [6.45, 7) is 1.38. The normalized spacial score (nSPS) is 16.2. The molecule has 1 atom stereocenters. The van der Waals surface area contributed by atoms with Gasteiger partial charge in [0.15, 0.2) is 5.78 Å². The SMILES string of the molecule is COc1ccc(-c2ccc(CC(=O)CCN3CCCCC3C(=O)c3ccc(F)cc3)cc2)cc1. The zero-order valence-electron chi connectivity index (χ0n) is 19.5. The Morgan fingerprint density at radius 2 is 1.56 bits per heavy atom. The molecule has 1 aliphatic rings. The van der Waals surface area contributed by atoms with Gasteiger partial charge in [0.2, 0.25) is 0 Å². The van der Waals surface area contributed by atoms with Crippen LogP contribution in [0, 0.1) is 5.82 Å². The second kappa shape index (κ2) is 11.2. The molecule has 0 radical (unpaired) electrons. The highest BCUT2D eigenvalue weighted by Gasteiger charge is 2.29. The van der Waals surface area contributed by atoms with Crippen molar-refractivity contribution < 1.29 is 18.7 Å². The summed E-state index contributed by atoms with van der Waals surface area (Å²) in [4.78, 5) is 27.8. The largest absolute Gasteiger partial charge is 0.497 e. The van der Waals surface area contributed by atoms with Crippen LogP contribution in [0.25, 0.3) is 11.1 Å². The maximum atomic E-state index is 13.2. The molecule has 3 aromatic rings. The molecule has 1 fully saturated rings. The summed E-state index contributed by atoms with van der Waals surface area (Å²) < 4.78 is 18.4. The maximum absolute atomic E-state index is 13.2. The van der Waals surface area contributed by atoms with E-state index in [-0.39, 0.29) is 23.4 Å². The molecule has 1 aliphatic heterocycles. The number of Topliss-reactive ketones (excluding diaryl/α,β-unsaturated/α-hetero) is 2. The van der Waals surface area contributed by atoms with Crippen molar-refractivity contribution in [3.8, 4) is 16.9 Å². The van der Waals surface area contributed by atoms with E-state index >= 15 is 0 Å². The molecule has 4 rings (SSSR count). The fraction of sp³-hybridized carbons (Fsp3) is 0.310. The van der Waals surface area contributed by atoms with Crippen LogP contribution in [0.4, 0.5) is 4.39 Å². The number of rotatable bonds is 9. The molecule has 0 saturated carbocycles. The van der Waals surface area contributed by atoms with Crippen LogP contribution in [0.5, 0.6) is 5.75 Å². The molecule has 176 valence electrons. The summed E-state index contributed by atoms with van der Waals surface area (Å²) in [7, 11) is 1.65. The van der Waals surface area contributed by atoms with Gasteiger partial charge in [-0.15, -0.1) is 0 Å². The molecular weight excluding hydrogens is 429 g/mol. The molecule has 1 heterocycles. The van der Waals surface area contributed by atoms with Gasteiger partial charge in [0.1, 0.15) is 17.3 Å². The van der Waals surface area contributed by atoms with E-state index in [9.17, 15) is 14.0 Å². The van der Waals surface area contributed by atoms with Crippen LogP contribution in [0.1, 0.15) is 41.6 Å². The Balaban J connectivity index is 1.32. The number of ketones is 2. The van der Waals surface area contributed by atoms with Crippen LogP contribution < -0.4 is 4.74 Å².